The molecule has 1 aromatic rings. The molecule has 2 N–H and O–H groups in total. The van der Waals surface area contributed by atoms with E-state index in [0.29, 0.717) is 18.4 Å². The standard InChI is InChI=1S/C24H30N4O3/c25-14-20-7-4-8-28(20)21(29)15-26-23-10-17-9-18(11-23)13-24(12-17,16-23)31-22(30)27-19-5-2-1-3-6-19/h1-3,5-6,17-18,20,26H,4,7-13,15-16H2,(H,27,30)/t17-,18+,20-,23?,24?/m0/s1. The summed E-state index contributed by atoms with van der Waals surface area (Å²) in [6, 6.07) is 11.3. The normalized spacial score (nSPS) is 35.6. The van der Waals surface area contributed by atoms with E-state index >= 15 is 0 Å². The maximum atomic E-state index is 12.8. The van der Waals surface area contributed by atoms with Crippen molar-refractivity contribution in [2.45, 2.75) is 68.5 Å². The lowest BCUT2D eigenvalue weighted by Gasteiger charge is -2.61. The summed E-state index contributed by atoms with van der Waals surface area (Å²) >= 11 is 0. The van der Waals surface area contributed by atoms with Crippen molar-refractivity contribution in [1.29, 1.82) is 5.26 Å². The second kappa shape index (κ2) is 7.83. The fourth-order valence-corrected chi connectivity index (χ4v) is 6.93. The number of nitrogens with one attached hydrogen (secondary N) is 2. The Hall–Kier alpha value is -2.59. The molecule has 1 aromatic carbocycles. The molecule has 1 heterocycles. The van der Waals surface area contributed by atoms with Crippen LogP contribution in [0.2, 0.25) is 0 Å². The van der Waals surface area contributed by atoms with Gasteiger partial charge in [0.25, 0.3) is 0 Å². The van der Waals surface area contributed by atoms with Gasteiger partial charge in [-0.25, -0.2) is 4.79 Å². The molecule has 5 fully saturated rings. The number of para-hydroxylation sites is 1. The van der Waals surface area contributed by atoms with E-state index in [9.17, 15) is 14.9 Å². The van der Waals surface area contributed by atoms with Gasteiger partial charge in [-0.05, 0) is 68.9 Å². The monoisotopic (exact) mass is 422 g/mol. The van der Waals surface area contributed by atoms with Gasteiger partial charge in [-0.1, -0.05) is 18.2 Å². The van der Waals surface area contributed by atoms with Crippen molar-refractivity contribution in [2.24, 2.45) is 11.8 Å². The van der Waals surface area contributed by atoms with Crippen molar-refractivity contribution in [2.75, 3.05) is 18.4 Å². The van der Waals surface area contributed by atoms with Crippen LogP contribution in [0.4, 0.5) is 10.5 Å². The Morgan fingerprint density at radius 3 is 2.61 bits per heavy atom. The predicted octanol–water partition coefficient (Wildman–Crippen LogP) is 3.43. The molecule has 2 unspecified atom stereocenters. The van der Waals surface area contributed by atoms with E-state index in [0.717, 1.165) is 50.6 Å². The number of rotatable bonds is 5. The number of benzene rings is 1. The number of hydrogen-bond acceptors (Lipinski definition) is 5. The van der Waals surface area contributed by atoms with E-state index in [1.54, 1.807) is 4.90 Å². The number of amides is 2. The van der Waals surface area contributed by atoms with Crippen molar-refractivity contribution in [3.8, 4) is 6.07 Å². The van der Waals surface area contributed by atoms with Crippen LogP contribution in [0.1, 0.15) is 51.4 Å². The molecule has 6 rings (SSSR count). The molecule has 4 bridgehead atoms. The van der Waals surface area contributed by atoms with Gasteiger partial charge in [0.1, 0.15) is 11.6 Å². The third-order valence-electron chi connectivity index (χ3n) is 7.67. The summed E-state index contributed by atoms with van der Waals surface area (Å²) in [5, 5.41) is 15.7. The van der Waals surface area contributed by atoms with Gasteiger partial charge in [-0.15, -0.1) is 0 Å². The molecule has 4 saturated carbocycles. The van der Waals surface area contributed by atoms with Gasteiger partial charge < -0.3 is 15.0 Å². The molecular formula is C24H30N4O3. The summed E-state index contributed by atoms with van der Waals surface area (Å²) < 4.78 is 6.09. The van der Waals surface area contributed by atoms with Crippen molar-refractivity contribution in [3.63, 3.8) is 0 Å². The lowest BCUT2D eigenvalue weighted by Crippen LogP contribution is -2.66. The van der Waals surface area contributed by atoms with Crippen molar-refractivity contribution in [1.82, 2.24) is 10.2 Å². The van der Waals surface area contributed by atoms with Gasteiger partial charge in [0.05, 0.1) is 12.6 Å². The minimum atomic E-state index is -0.457. The van der Waals surface area contributed by atoms with E-state index in [4.69, 9.17) is 4.74 Å². The van der Waals surface area contributed by atoms with Crippen LogP contribution in [0.25, 0.3) is 0 Å². The van der Waals surface area contributed by atoms with Gasteiger partial charge in [0.15, 0.2) is 0 Å². The van der Waals surface area contributed by atoms with Gasteiger partial charge in [0.2, 0.25) is 5.91 Å². The second-order valence-electron chi connectivity index (χ2n) is 10.0. The number of carbonyl (C=O) groups is 2. The Morgan fingerprint density at radius 2 is 1.90 bits per heavy atom. The summed E-state index contributed by atoms with van der Waals surface area (Å²) in [4.78, 5) is 27.2. The molecule has 4 aliphatic carbocycles. The van der Waals surface area contributed by atoms with Crippen molar-refractivity contribution < 1.29 is 14.3 Å². The first kappa shape index (κ1) is 20.3. The number of nitriles is 1. The van der Waals surface area contributed by atoms with Gasteiger partial charge in [-0.3, -0.25) is 10.1 Å². The van der Waals surface area contributed by atoms with E-state index in [2.05, 4.69) is 16.7 Å². The minimum absolute atomic E-state index is 0.0107. The zero-order chi connectivity index (χ0) is 21.5. The Labute approximate surface area is 183 Å². The van der Waals surface area contributed by atoms with Crippen LogP contribution >= 0.6 is 0 Å². The smallest absolute Gasteiger partial charge is 0.412 e. The highest BCUT2D eigenvalue weighted by atomic mass is 16.6. The Morgan fingerprint density at radius 1 is 1.16 bits per heavy atom. The number of hydrogen-bond donors (Lipinski definition) is 2. The van der Waals surface area contributed by atoms with Crippen LogP contribution in [0.15, 0.2) is 30.3 Å². The molecule has 2 amide bonds. The van der Waals surface area contributed by atoms with E-state index in [1.807, 2.05) is 30.3 Å². The average Bonchev–Trinajstić information content (AvgIpc) is 3.20. The number of nitrogens with zero attached hydrogens (tertiary/aromatic N) is 2. The first-order chi connectivity index (χ1) is 15.0. The van der Waals surface area contributed by atoms with Crippen molar-refractivity contribution in [3.05, 3.63) is 30.3 Å². The lowest BCUT2D eigenvalue weighted by atomic mass is 9.51. The van der Waals surface area contributed by atoms with E-state index in [1.165, 1.54) is 6.42 Å². The average molecular weight is 423 g/mol. The molecule has 31 heavy (non-hydrogen) atoms. The Kier molecular flexibility index (Phi) is 5.13. The molecule has 1 saturated heterocycles. The molecule has 1 aliphatic heterocycles. The maximum absolute atomic E-state index is 12.8. The fraction of sp³-hybridized carbons (Fsp3) is 0.625. The summed E-state index contributed by atoms with van der Waals surface area (Å²) in [5.74, 6) is 1.05. The largest absolute Gasteiger partial charge is 0.443 e. The molecule has 5 atom stereocenters. The lowest BCUT2D eigenvalue weighted by molar-refractivity contribution is -0.146. The summed E-state index contributed by atoms with van der Waals surface area (Å²) in [5.41, 5.74) is 0.115. The highest BCUT2D eigenvalue weighted by Gasteiger charge is 2.59. The fourth-order valence-electron chi connectivity index (χ4n) is 6.93. The molecule has 0 aromatic heterocycles. The van der Waals surface area contributed by atoms with Crippen LogP contribution in [0, 0.1) is 23.2 Å². The first-order valence-electron chi connectivity index (χ1n) is 11.5. The van der Waals surface area contributed by atoms with Gasteiger partial charge in [-0.2, -0.15) is 5.26 Å². The molecule has 5 aliphatic rings. The zero-order valence-corrected chi connectivity index (χ0v) is 17.8. The quantitative estimate of drug-likeness (QED) is 0.758. The van der Waals surface area contributed by atoms with Crippen LogP contribution < -0.4 is 10.6 Å². The molecule has 7 nitrogen and oxygen atoms in total. The minimum Gasteiger partial charge on any atom is -0.443 e. The maximum Gasteiger partial charge on any atom is 0.412 e. The highest BCUT2D eigenvalue weighted by molar-refractivity contribution is 5.84. The first-order valence-corrected chi connectivity index (χ1v) is 11.5. The molecule has 0 spiro atoms. The number of ether oxygens (including phenoxy) is 1. The van der Waals surface area contributed by atoms with Gasteiger partial charge in [0, 0.05) is 24.2 Å². The van der Waals surface area contributed by atoms with Crippen LogP contribution in [-0.4, -0.2) is 47.2 Å². The van der Waals surface area contributed by atoms with Crippen molar-refractivity contribution >= 4 is 17.7 Å². The zero-order valence-electron chi connectivity index (χ0n) is 17.8. The third-order valence-corrected chi connectivity index (χ3v) is 7.67. The summed E-state index contributed by atoms with van der Waals surface area (Å²) in [6.07, 6.45) is 7.09. The molecule has 7 heteroatoms. The molecule has 164 valence electrons. The Balaban J connectivity index is 1.25. The predicted molar refractivity (Wildman–Crippen MR) is 115 cm³/mol. The molecule has 0 radical (unpaired) electrons. The SMILES string of the molecule is N#C[C@@H]1CCCN1C(=O)CNC12C[C@H]3C[C@@H](C1)CC(OC(=O)Nc1ccccc1)(C3)C2. The van der Waals surface area contributed by atoms with Gasteiger partial charge >= 0.3 is 6.09 Å². The topological polar surface area (TPSA) is 94.5 Å². The summed E-state index contributed by atoms with van der Waals surface area (Å²) in [6.45, 7) is 0.924. The number of anilines is 1. The number of likely N-dealkylation sites (tertiary alicyclic amines) is 1. The van der Waals surface area contributed by atoms with E-state index < -0.39 is 11.7 Å². The van der Waals surface area contributed by atoms with E-state index in [-0.39, 0.29) is 24.0 Å². The third kappa shape index (κ3) is 4.01. The van der Waals surface area contributed by atoms with Crippen LogP contribution in [0.3, 0.4) is 0 Å². The summed E-state index contributed by atoms with van der Waals surface area (Å²) in [7, 11) is 0. The molecular weight excluding hydrogens is 392 g/mol. The Bertz CT molecular complexity index is 882. The second-order valence-corrected chi connectivity index (χ2v) is 10.0. The number of carbonyl (C=O) groups excluding carboxylic acids is 2. The van der Waals surface area contributed by atoms with Crippen LogP contribution in [0.5, 0.6) is 0 Å². The highest BCUT2D eigenvalue weighted by Crippen LogP contribution is 2.59. The van der Waals surface area contributed by atoms with Crippen LogP contribution in [-0.2, 0) is 9.53 Å².